The van der Waals surface area contributed by atoms with Gasteiger partial charge in [0.1, 0.15) is 30.2 Å². The minimum absolute atomic E-state index is 0.138. The number of hydrogen-bond acceptors (Lipinski definition) is 7. The van der Waals surface area contributed by atoms with Gasteiger partial charge in [0.2, 0.25) is 11.7 Å². The molecule has 0 aromatic carbocycles. The number of carbonyl (C=O) groups excluding carboxylic acids is 1. The standard InChI is InChI=1S/C22H22FN7O2/c1-13(8-24)29-17-7-18(19-5-4-15-6-14(9-25)10-28-30(15)19)26-11-16(17)21(31)27-12-20(23)22(2,3)32/h4-7,10-11,13,19-20,32H,12H2,1-3H3,(H-,26,27,29,31)/p+1/t13-,19?,20-/m1/s1. The number of alkyl halides is 1. The third-order valence-electron chi connectivity index (χ3n) is 4.98. The van der Waals surface area contributed by atoms with Crippen molar-refractivity contribution < 1.29 is 19.0 Å². The van der Waals surface area contributed by atoms with E-state index in [0.29, 0.717) is 16.9 Å². The summed E-state index contributed by atoms with van der Waals surface area (Å²) in [6.07, 6.45) is 4.83. The number of fused-ring (bicyclic) bond motifs is 1. The van der Waals surface area contributed by atoms with Gasteiger partial charge >= 0.3 is 0 Å². The Labute approximate surface area is 184 Å². The molecule has 0 saturated heterocycles. The second-order valence-electron chi connectivity index (χ2n) is 8.01. The second kappa shape index (κ2) is 9.08. The topological polar surface area (TPSA) is 139 Å². The molecule has 3 rings (SSSR count). The molecule has 0 spiro atoms. The Hall–Kier alpha value is -3.89. The van der Waals surface area contributed by atoms with Crippen LogP contribution >= 0.6 is 0 Å². The Morgan fingerprint density at radius 1 is 1.38 bits per heavy atom. The van der Waals surface area contributed by atoms with E-state index >= 15 is 0 Å². The Morgan fingerprint density at radius 2 is 2.12 bits per heavy atom. The van der Waals surface area contributed by atoms with Crippen molar-refractivity contribution in [3.63, 3.8) is 0 Å². The van der Waals surface area contributed by atoms with Gasteiger partial charge < -0.3 is 15.7 Å². The normalized spacial score (nSPS) is 16.4. The van der Waals surface area contributed by atoms with Crippen LogP contribution in [0.4, 0.5) is 10.1 Å². The van der Waals surface area contributed by atoms with Gasteiger partial charge in [-0.05, 0) is 38.0 Å². The summed E-state index contributed by atoms with van der Waals surface area (Å²) in [6, 6.07) is 6.48. The number of anilines is 1. The minimum atomic E-state index is -1.66. The first kappa shape index (κ1) is 22.8. The molecular weight excluding hydrogens is 413 g/mol. The van der Waals surface area contributed by atoms with Crippen LogP contribution in [0.3, 0.4) is 0 Å². The molecule has 0 saturated carbocycles. The molecule has 164 valence electrons. The average molecular weight is 436 g/mol. The van der Waals surface area contributed by atoms with Crippen molar-refractivity contribution in [1.29, 1.82) is 10.5 Å². The molecule has 3 atom stereocenters. The molecule has 3 heterocycles. The van der Waals surface area contributed by atoms with Gasteiger partial charge in [-0.3, -0.25) is 9.78 Å². The molecule has 2 aromatic rings. The van der Waals surface area contributed by atoms with Gasteiger partial charge in [0.15, 0.2) is 0 Å². The summed E-state index contributed by atoms with van der Waals surface area (Å²) in [6.45, 7) is 3.90. The van der Waals surface area contributed by atoms with E-state index in [2.05, 4.69) is 20.7 Å². The van der Waals surface area contributed by atoms with Gasteiger partial charge in [-0.15, -0.1) is 0 Å². The van der Waals surface area contributed by atoms with Crippen molar-refractivity contribution in [2.75, 3.05) is 11.9 Å². The lowest BCUT2D eigenvalue weighted by molar-refractivity contribution is -0.757. The van der Waals surface area contributed by atoms with Gasteiger partial charge in [-0.25, -0.2) is 4.39 Å². The summed E-state index contributed by atoms with van der Waals surface area (Å²) >= 11 is 0. The predicted molar refractivity (Wildman–Crippen MR) is 113 cm³/mol. The quantitative estimate of drug-likeness (QED) is 0.558. The fraction of sp³-hybridized carbons (Fsp3) is 0.364. The number of pyridine rings is 1. The van der Waals surface area contributed by atoms with Gasteiger partial charge in [0.05, 0.1) is 35.0 Å². The highest BCUT2D eigenvalue weighted by molar-refractivity contribution is 5.99. The Kier molecular flexibility index (Phi) is 6.47. The number of halogens is 1. The molecule has 0 aliphatic carbocycles. The molecule has 3 N–H and O–H groups in total. The Balaban J connectivity index is 1.90. The van der Waals surface area contributed by atoms with Gasteiger partial charge in [0, 0.05) is 18.3 Å². The van der Waals surface area contributed by atoms with E-state index in [1.54, 1.807) is 23.7 Å². The zero-order valence-electron chi connectivity index (χ0n) is 17.9. The van der Waals surface area contributed by atoms with Crippen molar-refractivity contribution >= 4 is 17.7 Å². The molecule has 10 heteroatoms. The van der Waals surface area contributed by atoms with Gasteiger partial charge in [-0.1, -0.05) is 4.68 Å². The molecule has 1 unspecified atom stereocenters. The SMILES string of the molecule is C[C@H](C#N)Nc1cc(C2C=Cc3cc(C#N)cn[n+]32)ncc1C(=O)NC[C@@H](F)C(C)(C)O. The van der Waals surface area contributed by atoms with Crippen LogP contribution in [0.15, 0.2) is 30.6 Å². The molecule has 32 heavy (non-hydrogen) atoms. The summed E-state index contributed by atoms with van der Waals surface area (Å²) in [4.78, 5) is 17.1. The maximum atomic E-state index is 14.0. The molecule has 0 radical (unpaired) electrons. The van der Waals surface area contributed by atoms with Gasteiger partial charge in [0.25, 0.3) is 5.91 Å². The van der Waals surface area contributed by atoms with E-state index in [4.69, 9.17) is 5.26 Å². The zero-order valence-corrected chi connectivity index (χ0v) is 17.9. The Morgan fingerprint density at radius 3 is 2.78 bits per heavy atom. The summed E-state index contributed by atoms with van der Waals surface area (Å²) in [5, 5.41) is 37.7. The number of aromatic nitrogens is 3. The summed E-state index contributed by atoms with van der Waals surface area (Å²) < 4.78 is 15.7. The number of nitrogens with one attached hydrogen (secondary N) is 2. The minimum Gasteiger partial charge on any atom is -0.387 e. The predicted octanol–water partition coefficient (Wildman–Crippen LogP) is 1.41. The van der Waals surface area contributed by atoms with Crippen LogP contribution < -0.4 is 15.3 Å². The Bertz CT molecular complexity index is 1140. The summed E-state index contributed by atoms with van der Waals surface area (Å²) in [5.41, 5.74) is 0.632. The van der Waals surface area contributed by atoms with Gasteiger partial charge in [-0.2, -0.15) is 10.5 Å². The van der Waals surface area contributed by atoms with Crippen molar-refractivity contribution in [2.45, 2.75) is 44.6 Å². The number of nitrogens with zero attached hydrogens (tertiary/aromatic N) is 5. The van der Waals surface area contributed by atoms with Crippen LogP contribution in [0, 0.1) is 22.7 Å². The molecule has 0 fully saturated rings. The van der Waals surface area contributed by atoms with Crippen LogP contribution in [-0.4, -0.2) is 45.5 Å². The lowest BCUT2D eigenvalue weighted by atomic mass is 10.0. The fourth-order valence-corrected chi connectivity index (χ4v) is 3.09. The van der Waals surface area contributed by atoms with Crippen LogP contribution in [0.5, 0.6) is 0 Å². The van der Waals surface area contributed by atoms with Crippen molar-refractivity contribution in [3.8, 4) is 12.1 Å². The highest BCUT2D eigenvalue weighted by Crippen LogP contribution is 2.25. The summed E-state index contributed by atoms with van der Waals surface area (Å²) in [5.74, 6) is -0.588. The maximum absolute atomic E-state index is 14.0. The maximum Gasteiger partial charge on any atom is 0.255 e. The number of hydrogen-bond donors (Lipinski definition) is 3. The molecule has 1 amide bonds. The lowest BCUT2D eigenvalue weighted by Gasteiger charge is -2.22. The third-order valence-corrected chi connectivity index (χ3v) is 4.98. The highest BCUT2D eigenvalue weighted by atomic mass is 19.1. The first-order valence-corrected chi connectivity index (χ1v) is 9.95. The zero-order chi connectivity index (χ0) is 23.5. The average Bonchev–Trinajstić information content (AvgIpc) is 3.19. The van der Waals surface area contributed by atoms with Crippen molar-refractivity contribution in [2.24, 2.45) is 0 Å². The third kappa shape index (κ3) is 4.88. The van der Waals surface area contributed by atoms with E-state index in [9.17, 15) is 19.6 Å². The van der Waals surface area contributed by atoms with Crippen LogP contribution in [0.1, 0.15) is 54.1 Å². The monoisotopic (exact) mass is 436 g/mol. The van der Waals surface area contributed by atoms with E-state index in [1.165, 1.54) is 26.2 Å². The number of carbonyl (C=O) groups is 1. The number of nitriles is 2. The number of rotatable bonds is 7. The molecule has 2 aromatic heterocycles. The largest absolute Gasteiger partial charge is 0.387 e. The van der Waals surface area contributed by atoms with E-state index in [-0.39, 0.29) is 18.2 Å². The number of amides is 1. The summed E-state index contributed by atoms with van der Waals surface area (Å²) in [7, 11) is 0. The highest BCUT2D eigenvalue weighted by Gasteiger charge is 2.32. The van der Waals surface area contributed by atoms with E-state index < -0.39 is 23.7 Å². The van der Waals surface area contributed by atoms with Crippen LogP contribution in [0.2, 0.25) is 0 Å². The van der Waals surface area contributed by atoms with Crippen LogP contribution in [-0.2, 0) is 0 Å². The fourth-order valence-electron chi connectivity index (χ4n) is 3.09. The molecule has 9 nitrogen and oxygen atoms in total. The van der Waals surface area contributed by atoms with Crippen molar-refractivity contribution in [3.05, 3.63) is 53.1 Å². The molecular formula is C22H23FN7O2+. The number of allylic oxidation sites excluding steroid dienone is 1. The van der Waals surface area contributed by atoms with Crippen molar-refractivity contribution in [1.82, 2.24) is 15.4 Å². The lowest BCUT2D eigenvalue weighted by Crippen LogP contribution is -2.43. The number of aliphatic hydroxyl groups is 1. The molecule has 1 aliphatic heterocycles. The first-order chi connectivity index (χ1) is 15.1. The smallest absolute Gasteiger partial charge is 0.255 e. The molecule has 0 bridgehead atoms. The van der Waals surface area contributed by atoms with E-state index in [1.807, 2.05) is 24.3 Å². The molecule has 1 aliphatic rings. The second-order valence-corrected chi connectivity index (χ2v) is 8.01. The van der Waals surface area contributed by atoms with E-state index in [0.717, 1.165) is 5.69 Å². The first-order valence-electron chi connectivity index (χ1n) is 9.95. The van der Waals surface area contributed by atoms with Crippen LogP contribution in [0.25, 0.3) is 6.08 Å².